The van der Waals surface area contributed by atoms with Crippen molar-refractivity contribution in [3.05, 3.63) is 59.7 Å². The molecule has 0 saturated heterocycles. The van der Waals surface area contributed by atoms with Crippen LogP contribution in [-0.4, -0.2) is 18.6 Å². The fraction of sp³-hybridized carbons (Fsp3) is 0.267. The quantitative estimate of drug-likeness (QED) is 0.897. The van der Waals surface area contributed by atoms with Gasteiger partial charge in [0.1, 0.15) is 11.6 Å². The largest absolute Gasteiger partial charge is 0.494 e. The fourth-order valence-electron chi connectivity index (χ4n) is 2.07. The minimum Gasteiger partial charge on any atom is -0.494 e. The van der Waals surface area contributed by atoms with Crippen LogP contribution in [0.1, 0.15) is 24.1 Å². The van der Waals surface area contributed by atoms with Crippen LogP contribution < -0.4 is 10.1 Å². The molecule has 0 saturated carbocycles. The van der Waals surface area contributed by atoms with Gasteiger partial charge in [0.25, 0.3) is 0 Å². The zero-order valence-corrected chi connectivity index (χ0v) is 11.1. The Labute approximate surface area is 112 Å². The van der Waals surface area contributed by atoms with Crippen molar-refractivity contribution in [1.29, 1.82) is 0 Å². The van der Waals surface area contributed by atoms with E-state index in [2.05, 4.69) is 10.3 Å². The van der Waals surface area contributed by atoms with Gasteiger partial charge < -0.3 is 10.1 Å². The molecular weight excluding hydrogens is 243 g/mol. The van der Waals surface area contributed by atoms with E-state index < -0.39 is 0 Å². The first-order chi connectivity index (χ1) is 9.26. The Morgan fingerprint density at radius 2 is 2.21 bits per heavy atom. The normalized spacial score (nSPS) is 12.2. The molecule has 1 heterocycles. The third-order valence-electron chi connectivity index (χ3n) is 2.91. The molecule has 1 aromatic carbocycles. The predicted octanol–water partition coefficient (Wildman–Crippen LogP) is 2.93. The minimum absolute atomic E-state index is 0.219. The summed E-state index contributed by atoms with van der Waals surface area (Å²) < 4.78 is 19.3. The first kappa shape index (κ1) is 13.5. The Morgan fingerprint density at radius 3 is 2.89 bits per heavy atom. The Balaban J connectivity index is 2.37. The zero-order valence-electron chi connectivity index (χ0n) is 11.1. The second-order valence-electron chi connectivity index (χ2n) is 4.12. The molecule has 0 aliphatic heterocycles. The molecule has 100 valence electrons. The molecule has 4 heteroatoms. The van der Waals surface area contributed by atoms with Crippen LogP contribution in [0.5, 0.6) is 5.75 Å². The standard InChI is InChI=1S/C15H17FN2O/c1-3-19-12-6-4-5-11(9-12)15(17-2)13-7-8-18-10-14(13)16/h4-10,15,17H,3H2,1-2H3. The van der Waals surface area contributed by atoms with E-state index in [0.29, 0.717) is 12.2 Å². The van der Waals surface area contributed by atoms with Crippen molar-refractivity contribution in [3.63, 3.8) is 0 Å². The lowest BCUT2D eigenvalue weighted by Crippen LogP contribution is -2.19. The summed E-state index contributed by atoms with van der Waals surface area (Å²) in [6, 6.07) is 9.13. The SMILES string of the molecule is CCOc1cccc(C(NC)c2ccncc2F)c1. The van der Waals surface area contributed by atoms with Gasteiger partial charge >= 0.3 is 0 Å². The summed E-state index contributed by atoms with van der Waals surface area (Å²) >= 11 is 0. The zero-order chi connectivity index (χ0) is 13.7. The van der Waals surface area contributed by atoms with Crippen LogP contribution in [0, 0.1) is 5.82 Å². The molecule has 0 radical (unpaired) electrons. The van der Waals surface area contributed by atoms with Gasteiger partial charge in [-0.2, -0.15) is 0 Å². The van der Waals surface area contributed by atoms with Crippen LogP contribution >= 0.6 is 0 Å². The molecular formula is C15H17FN2O. The number of hydrogen-bond donors (Lipinski definition) is 1. The van der Waals surface area contributed by atoms with E-state index >= 15 is 0 Å². The predicted molar refractivity (Wildman–Crippen MR) is 72.7 cm³/mol. The lowest BCUT2D eigenvalue weighted by molar-refractivity contribution is 0.339. The number of ether oxygens (including phenoxy) is 1. The van der Waals surface area contributed by atoms with Gasteiger partial charge in [-0.05, 0) is 37.7 Å². The molecule has 0 aliphatic carbocycles. The smallest absolute Gasteiger partial charge is 0.146 e. The second kappa shape index (κ2) is 6.29. The van der Waals surface area contributed by atoms with Gasteiger partial charge in [-0.15, -0.1) is 0 Å². The van der Waals surface area contributed by atoms with Crippen molar-refractivity contribution >= 4 is 0 Å². The molecule has 0 aliphatic rings. The van der Waals surface area contributed by atoms with Gasteiger partial charge in [-0.1, -0.05) is 12.1 Å². The van der Waals surface area contributed by atoms with E-state index in [4.69, 9.17) is 4.74 Å². The highest BCUT2D eigenvalue weighted by Gasteiger charge is 2.16. The lowest BCUT2D eigenvalue weighted by atomic mass is 9.99. The van der Waals surface area contributed by atoms with Crippen molar-refractivity contribution < 1.29 is 9.13 Å². The Kier molecular flexibility index (Phi) is 4.47. The number of nitrogens with zero attached hydrogens (tertiary/aromatic N) is 1. The molecule has 1 N–H and O–H groups in total. The molecule has 0 amide bonds. The summed E-state index contributed by atoms with van der Waals surface area (Å²) in [5.41, 5.74) is 1.53. The Morgan fingerprint density at radius 1 is 1.37 bits per heavy atom. The van der Waals surface area contributed by atoms with Crippen LogP contribution in [0.25, 0.3) is 0 Å². The van der Waals surface area contributed by atoms with Gasteiger partial charge in [-0.3, -0.25) is 4.98 Å². The molecule has 3 nitrogen and oxygen atoms in total. The lowest BCUT2D eigenvalue weighted by Gasteiger charge is -2.18. The summed E-state index contributed by atoms with van der Waals surface area (Å²) in [5, 5.41) is 3.12. The second-order valence-corrected chi connectivity index (χ2v) is 4.12. The van der Waals surface area contributed by atoms with Crippen molar-refractivity contribution in [2.75, 3.05) is 13.7 Å². The Bertz CT molecular complexity index is 545. The average Bonchev–Trinajstić information content (AvgIpc) is 2.43. The number of halogens is 1. The average molecular weight is 260 g/mol. The number of hydrogen-bond acceptors (Lipinski definition) is 3. The number of nitrogens with one attached hydrogen (secondary N) is 1. The third-order valence-corrected chi connectivity index (χ3v) is 2.91. The van der Waals surface area contributed by atoms with Crippen LogP contribution in [0.15, 0.2) is 42.7 Å². The molecule has 0 fully saturated rings. The van der Waals surface area contributed by atoms with Gasteiger partial charge in [0.15, 0.2) is 0 Å². The molecule has 2 rings (SSSR count). The summed E-state index contributed by atoms with van der Waals surface area (Å²) in [6.07, 6.45) is 2.82. The molecule has 1 aromatic heterocycles. The maximum absolute atomic E-state index is 13.8. The van der Waals surface area contributed by atoms with Crippen molar-refractivity contribution in [3.8, 4) is 5.75 Å². The minimum atomic E-state index is -0.316. The van der Waals surface area contributed by atoms with E-state index in [-0.39, 0.29) is 11.9 Å². The molecule has 1 unspecified atom stereocenters. The number of benzene rings is 1. The van der Waals surface area contributed by atoms with E-state index in [9.17, 15) is 4.39 Å². The van der Waals surface area contributed by atoms with Gasteiger partial charge in [0.2, 0.25) is 0 Å². The Hall–Kier alpha value is -1.94. The fourth-order valence-corrected chi connectivity index (χ4v) is 2.07. The summed E-state index contributed by atoms with van der Waals surface area (Å²) in [5.74, 6) is 0.471. The van der Waals surface area contributed by atoms with Crippen LogP contribution in [0.3, 0.4) is 0 Å². The topological polar surface area (TPSA) is 34.1 Å². The molecule has 19 heavy (non-hydrogen) atoms. The van der Waals surface area contributed by atoms with E-state index in [1.54, 1.807) is 19.3 Å². The highest BCUT2D eigenvalue weighted by Crippen LogP contribution is 2.26. The first-order valence-corrected chi connectivity index (χ1v) is 6.25. The first-order valence-electron chi connectivity index (χ1n) is 6.25. The van der Waals surface area contributed by atoms with Gasteiger partial charge in [-0.25, -0.2) is 4.39 Å². The van der Waals surface area contributed by atoms with Crippen molar-refractivity contribution in [2.45, 2.75) is 13.0 Å². The van der Waals surface area contributed by atoms with E-state index in [1.165, 1.54) is 6.20 Å². The molecule has 0 spiro atoms. The molecule has 0 bridgehead atoms. The van der Waals surface area contributed by atoms with Gasteiger partial charge in [0, 0.05) is 11.8 Å². The van der Waals surface area contributed by atoms with Gasteiger partial charge in [0.05, 0.1) is 18.8 Å². The van der Waals surface area contributed by atoms with E-state index in [0.717, 1.165) is 11.3 Å². The maximum atomic E-state index is 13.8. The number of rotatable bonds is 5. The van der Waals surface area contributed by atoms with E-state index in [1.807, 2.05) is 31.2 Å². The number of aromatic nitrogens is 1. The molecule has 1 atom stereocenters. The third kappa shape index (κ3) is 3.09. The maximum Gasteiger partial charge on any atom is 0.146 e. The highest BCUT2D eigenvalue weighted by atomic mass is 19.1. The van der Waals surface area contributed by atoms with Crippen molar-refractivity contribution in [2.24, 2.45) is 0 Å². The van der Waals surface area contributed by atoms with Crippen LogP contribution in [0.2, 0.25) is 0 Å². The summed E-state index contributed by atoms with van der Waals surface area (Å²) in [7, 11) is 1.80. The van der Waals surface area contributed by atoms with Crippen LogP contribution in [-0.2, 0) is 0 Å². The van der Waals surface area contributed by atoms with Crippen LogP contribution in [0.4, 0.5) is 4.39 Å². The number of pyridine rings is 1. The summed E-state index contributed by atoms with van der Waals surface area (Å²) in [6.45, 7) is 2.54. The molecule has 2 aromatic rings. The van der Waals surface area contributed by atoms with Crippen molar-refractivity contribution in [1.82, 2.24) is 10.3 Å². The highest BCUT2D eigenvalue weighted by molar-refractivity contribution is 5.36. The summed E-state index contributed by atoms with van der Waals surface area (Å²) in [4.78, 5) is 3.77. The monoisotopic (exact) mass is 260 g/mol.